The third-order valence-corrected chi connectivity index (χ3v) is 4.19. The van der Waals surface area contributed by atoms with Gasteiger partial charge in [-0.15, -0.1) is 0 Å². The molecule has 0 aliphatic carbocycles. The van der Waals surface area contributed by atoms with Gasteiger partial charge in [0.25, 0.3) is 0 Å². The average Bonchev–Trinajstić information content (AvgIpc) is 2.50. The van der Waals surface area contributed by atoms with Gasteiger partial charge >= 0.3 is 0 Å². The third-order valence-electron chi connectivity index (χ3n) is 3.56. The minimum atomic E-state index is -0.174. The number of phenols is 1. The maximum atomic E-state index is 11.9. The van der Waals surface area contributed by atoms with Gasteiger partial charge in [-0.05, 0) is 56.2 Å². The van der Waals surface area contributed by atoms with Crippen LogP contribution in [-0.2, 0) is 16.6 Å². The fraction of sp³-hybridized carbons (Fsp3) is 0.263. The van der Waals surface area contributed by atoms with E-state index >= 15 is 0 Å². The first-order chi connectivity index (χ1) is 11.3. The van der Waals surface area contributed by atoms with Crippen molar-refractivity contribution in [3.63, 3.8) is 0 Å². The van der Waals surface area contributed by atoms with Crippen LogP contribution in [0.15, 0.2) is 52.0 Å². The quantitative estimate of drug-likeness (QED) is 0.610. The normalized spacial score (nSPS) is 11.7. The van der Waals surface area contributed by atoms with Crippen LogP contribution in [0.2, 0.25) is 0 Å². The van der Waals surface area contributed by atoms with E-state index in [1.54, 1.807) is 18.2 Å². The SMILES string of the molecule is CC(C)(C)c1ccc(CC(=O)N/N=C\c2ccc(O)c(Br)c2)cc1. The molecule has 0 heterocycles. The van der Waals surface area contributed by atoms with Crippen molar-refractivity contribution in [3.8, 4) is 5.75 Å². The van der Waals surface area contributed by atoms with Crippen molar-refractivity contribution in [3.05, 3.63) is 63.6 Å². The smallest absolute Gasteiger partial charge is 0.244 e. The van der Waals surface area contributed by atoms with E-state index in [0.717, 1.165) is 11.1 Å². The number of benzene rings is 2. The highest BCUT2D eigenvalue weighted by atomic mass is 79.9. The van der Waals surface area contributed by atoms with E-state index in [-0.39, 0.29) is 23.5 Å². The molecule has 0 spiro atoms. The van der Waals surface area contributed by atoms with Gasteiger partial charge in [0, 0.05) is 0 Å². The zero-order valence-electron chi connectivity index (χ0n) is 14.0. The van der Waals surface area contributed by atoms with Gasteiger partial charge in [0.05, 0.1) is 17.1 Å². The first kappa shape index (κ1) is 18.2. The van der Waals surface area contributed by atoms with Crippen LogP contribution in [0.4, 0.5) is 0 Å². The molecule has 0 saturated heterocycles. The molecule has 126 valence electrons. The summed E-state index contributed by atoms with van der Waals surface area (Å²) in [6, 6.07) is 13.0. The third kappa shape index (κ3) is 5.20. The van der Waals surface area contributed by atoms with E-state index in [0.29, 0.717) is 4.47 Å². The Morgan fingerprint density at radius 3 is 2.46 bits per heavy atom. The Hall–Kier alpha value is -2.14. The Morgan fingerprint density at radius 1 is 1.21 bits per heavy atom. The van der Waals surface area contributed by atoms with Crippen molar-refractivity contribution in [1.29, 1.82) is 0 Å². The fourth-order valence-electron chi connectivity index (χ4n) is 2.13. The number of halogens is 1. The van der Waals surface area contributed by atoms with Crippen LogP contribution in [0.5, 0.6) is 5.75 Å². The highest BCUT2D eigenvalue weighted by Gasteiger charge is 2.13. The van der Waals surface area contributed by atoms with Gasteiger partial charge in [-0.2, -0.15) is 5.10 Å². The number of phenolic OH excluding ortho intramolecular Hbond substituents is 1. The average molecular weight is 389 g/mol. The molecule has 0 aromatic heterocycles. The molecular formula is C19H21BrN2O2. The minimum Gasteiger partial charge on any atom is -0.507 e. The first-order valence-electron chi connectivity index (χ1n) is 7.65. The summed E-state index contributed by atoms with van der Waals surface area (Å²) in [5, 5.41) is 13.4. The monoisotopic (exact) mass is 388 g/mol. The summed E-state index contributed by atoms with van der Waals surface area (Å²) >= 11 is 3.23. The molecule has 24 heavy (non-hydrogen) atoms. The molecule has 2 aromatic rings. The summed E-state index contributed by atoms with van der Waals surface area (Å²) in [6.07, 6.45) is 1.81. The molecule has 4 nitrogen and oxygen atoms in total. The maximum absolute atomic E-state index is 11.9. The van der Waals surface area contributed by atoms with E-state index in [4.69, 9.17) is 0 Å². The summed E-state index contributed by atoms with van der Waals surface area (Å²) in [6.45, 7) is 6.47. The summed E-state index contributed by atoms with van der Waals surface area (Å²) in [5.74, 6) is -0.0116. The molecular weight excluding hydrogens is 368 g/mol. The number of rotatable bonds is 4. The lowest BCUT2D eigenvalue weighted by Crippen LogP contribution is -2.20. The number of carbonyl (C=O) groups excluding carboxylic acids is 1. The van der Waals surface area contributed by atoms with E-state index in [1.165, 1.54) is 11.8 Å². The van der Waals surface area contributed by atoms with Crippen LogP contribution in [-0.4, -0.2) is 17.2 Å². The predicted octanol–water partition coefficient (Wildman–Crippen LogP) is 4.15. The standard InChI is InChI=1S/C19H21BrN2O2/c1-19(2,3)15-7-4-13(5-8-15)11-18(24)22-21-12-14-6-9-17(23)16(20)10-14/h4-10,12,23H,11H2,1-3H3,(H,22,24)/b21-12-. The molecule has 5 heteroatoms. The summed E-state index contributed by atoms with van der Waals surface area (Å²) < 4.78 is 0.580. The Labute approximate surface area is 150 Å². The van der Waals surface area contributed by atoms with Gasteiger partial charge in [0.15, 0.2) is 0 Å². The molecule has 0 saturated carbocycles. The van der Waals surface area contributed by atoms with Crippen molar-refractivity contribution >= 4 is 28.1 Å². The molecule has 0 aliphatic heterocycles. The molecule has 0 unspecified atom stereocenters. The summed E-state index contributed by atoms with van der Waals surface area (Å²) in [4.78, 5) is 11.9. The van der Waals surface area contributed by atoms with Crippen LogP contribution in [0.3, 0.4) is 0 Å². The first-order valence-corrected chi connectivity index (χ1v) is 8.45. The lowest BCUT2D eigenvalue weighted by atomic mass is 9.86. The van der Waals surface area contributed by atoms with E-state index in [9.17, 15) is 9.90 Å². The van der Waals surface area contributed by atoms with Crippen LogP contribution in [0.25, 0.3) is 0 Å². The molecule has 1 amide bonds. The minimum absolute atomic E-state index is 0.101. The molecule has 0 radical (unpaired) electrons. The Kier molecular flexibility index (Phi) is 5.78. The van der Waals surface area contributed by atoms with E-state index in [2.05, 4.69) is 59.4 Å². The van der Waals surface area contributed by atoms with Gasteiger partial charge in [0.1, 0.15) is 5.75 Å². The fourth-order valence-corrected chi connectivity index (χ4v) is 2.53. The number of hydrazone groups is 1. The largest absolute Gasteiger partial charge is 0.507 e. The number of hydrogen-bond donors (Lipinski definition) is 2. The molecule has 0 aliphatic rings. The number of amides is 1. The van der Waals surface area contributed by atoms with Gasteiger partial charge in [0.2, 0.25) is 5.91 Å². The lowest BCUT2D eigenvalue weighted by Gasteiger charge is -2.19. The van der Waals surface area contributed by atoms with Gasteiger partial charge in [-0.3, -0.25) is 4.79 Å². The topological polar surface area (TPSA) is 61.7 Å². The van der Waals surface area contributed by atoms with Crippen LogP contribution in [0, 0.1) is 0 Å². The lowest BCUT2D eigenvalue weighted by molar-refractivity contribution is -0.120. The number of nitrogens with one attached hydrogen (secondary N) is 1. The van der Waals surface area contributed by atoms with Gasteiger partial charge < -0.3 is 5.11 Å². The number of aromatic hydroxyl groups is 1. The Bertz CT molecular complexity index is 747. The molecule has 2 aromatic carbocycles. The maximum Gasteiger partial charge on any atom is 0.244 e. The van der Waals surface area contributed by atoms with Crippen LogP contribution >= 0.6 is 15.9 Å². The second kappa shape index (κ2) is 7.62. The summed E-state index contributed by atoms with van der Waals surface area (Å²) in [5.41, 5.74) is 5.57. The Balaban J connectivity index is 1.91. The molecule has 0 bridgehead atoms. The zero-order valence-corrected chi connectivity index (χ0v) is 15.6. The molecule has 0 fully saturated rings. The van der Waals surface area contributed by atoms with Crippen molar-refractivity contribution in [2.24, 2.45) is 5.10 Å². The van der Waals surface area contributed by atoms with Crippen molar-refractivity contribution in [1.82, 2.24) is 5.43 Å². The second-order valence-electron chi connectivity index (χ2n) is 6.63. The van der Waals surface area contributed by atoms with E-state index in [1.807, 2.05) is 12.1 Å². The highest BCUT2D eigenvalue weighted by Crippen LogP contribution is 2.23. The number of nitrogens with zero attached hydrogens (tertiary/aromatic N) is 1. The number of hydrogen-bond acceptors (Lipinski definition) is 3. The van der Waals surface area contributed by atoms with Gasteiger partial charge in [-0.25, -0.2) is 5.43 Å². The second-order valence-corrected chi connectivity index (χ2v) is 7.48. The molecule has 2 rings (SSSR count). The van der Waals surface area contributed by atoms with Crippen molar-refractivity contribution in [2.75, 3.05) is 0 Å². The van der Waals surface area contributed by atoms with Crippen molar-refractivity contribution < 1.29 is 9.90 Å². The highest BCUT2D eigenvalue weighted by molar-refractivity contribution is 9.10. The van der Waals surface area contributed by atoms with E-state index < -0.39 is 0 Å². The molecule has 2 N–H and O–H groups in total. The van der Waals surface area contributed by atoms with Crippen LogP contribution < -0.4 is 5.43 Å². The van der Waals surface area contributed by atoms with Gasteiger partial charge in [-0.1, -0.05) is 45.0 Å². The number of carbonyl (C=O) groups is 1. The molecule has 0 atom stereocenters. The van der Waals surface area contributed by atoms with Crippen molar-refractivity contribution in [2.45, 2.75) is 32.6 Å². The predicted molar refractivity (Wildman–Crippen MR) is 100 cm³/mol. The Morgan fingerprint density at radius 2 is 1.88 bits per heavy atom. The summed E-state index contributed by atoms with van der Waals surface area (Å²) in [7, 11) is 0. The zero-order chi connectivity index (χ0) is 17.7. The van der Waals surface area contributed by atoms with Crippen LogP contribution in [0.1, 0.15) is 37.5 Å².